The Kier molecular flexibility index (Phi) is 4.67. The van der Waals surface area contributed by atoms with E-state index in [1.165, 1.54) is 11.6 Å². The predicted octanol–water partition coefficient (Wildman–Crippen LogP) is 1.54. The Morgan fingerprint density at radius 3 is 2.32 bits per heavy atom. The molecule has 0 aliphatic rings. The van der Waals surface area contributed by atoms with Crippen molar-refractivity contribution in [1.29, 1.82) is 0 Å². The standard InChI is InChI=1S/C21H16F3N7O3/c1-3-29-17(32)11-6-4-5-7-13(11)31-15(26-27-19(29)31)10-30-18(33)12-8-9-14(21(22,23)24)25-16(12)28(2)20(30)34/h4-9H,3,10H2,1-2H3. The van der Waals surface area contributed by atoms with Gasteiger partial charge in [-0.15, -0.1) is 10.2 Å². The second kappa shape index (κ2) is 7.37. The molecule has 0 bridgehead atoms. The first-order valence-electron chi connectivity index (χ1n) is 10.2. The van der Waals surface area contributed by atoms with Crippen LogP contribution in [-0.2, 0) is 26.3 Å². The molecule has 10 nitrogen and oxygen atoms in total. The van der Waals surface area contributed by atoms with Crippen molar-refractivity contribution >= 4 is 27.7 Å². The Morgan fingerprint density at radius 1 is 0.912 bits per heavy atom. The topological polar surface area (TPSA) is 109 Å². The molecule has 0 aliphatic carbocycles. The largest absolute Gasteiger partial charge is 0.433 e. The van der Waals surface area contributed by atoms with Gasteiger partial charge in [-0.05, 0) is 31.2 Å². The van der Waals surface area contributed by atoms with Gasteiger partial charge in [-0.25, -0.2) is 9.78 Å². The molecule has 1 aromatic carbocycles. The molecule has 0 aliphatic heterocycles. The third-order valence-corrected chi connectivity index (χ3v) is 5.67. The van der Waals surface area contributed by atoms with Gasteiger partial charge in [0.2, 0.25) is 5.78 Å². The van der Waals surface area contributed by atoms with E-state index in [4.69, 9.17) is 0 Å². The van der Waals surface area contributed by atoms with Gasteiger partial charge in [0.15, 0.2) is 5.82 Å². The van der Waals surface area contributed by atoms with Crippen LogP contribution in [0.3, 0.4) is 0 Å². The maximum absolute atomic E-state index is 13.1. The highest BCUT2D eigenvalue weighted by molar-refractivity contribution is 5.80. The number of halogens is 3. The molecule has 5 rings (SSSR count). The van der Waals surface area contributed by atoms with Gasteiger partial charge in [0.05, 0.1) is 22.8 Å². The third-order valence-electron chi connectivity index (χ3n) is 5.67. The average molecular weight is 471 g/mol. The molecule has 0 atom stereocenters. The number of hydrogen-bond donors (Lipinski definition) is 0. The first-order valence-corrected chi connectivity index (χ1v) is 10.2. The summed E-state index contributed by atoms with van der Waals surface area (Å²) in [6.45, 7) is 1.77. The molecule has 0 saturated carbocycles. The SMILES string of the molecule is CCn1c(=O)c2ccccc2n2c(Cn3c(=O)c4ccc(C(F)(F)F)nc4n(C)c3=O)nnc12. The highest BCUT2D eigenvalue weighted by Crippen LogP contribution is 2.28. The zero-order valence-electron chi connectivity index (χ0n) is 17.9. The maximum Gasteiger partial charge on any atom is 0.433 e. The van der Waals surface area contributed by atoms with E-state index in [1.807, 2.05) is 0 Å². The maximum atomic E-state index is 13.1. The van der Waals surface area contributed by atoms with E-state index in [2.05, 4.69) is 15.2 Å². The molecule has 4 aromatic heterocycles. The van der Waals surface area contributed by atoms with Crippen LogP contribution in [0.4, 0.5) is 13.2 Å². The minimum absolute atomic E-state index is 0.153. The number of fused-ring (bicyclic) bond motifs is 4. The molecule has 0 amide bonds. The van der Waals surface area contributed by atoms with Crippen LogP contribution in [-0.4, -0.2) is 33.3 Å². The molecule has 0 fully saturated rings. The number of hydrogen-bond acceptors (Lipinski definition) is 6. The molecular weight excluding hydrogens is 455 g/mol. The van der Waals surface area contributed by atoms with Gasteiger partial charge in [-0.3, -0.25) is 27.7 Å². The van der Waals surface area contributed by atoms with E-state index < -0.39 is 23.1 Å². The summed E-state index contributed by atoms with van der Waals surface area (Å²) in [5.74, 6) is 0.440. The average Bonchev–Trinajstić information content (AvgIpc) is 3.23. The Labute approximate surface area is 187 Å². The summed E-state index contributed by atoms with van der Waals surface area (Å²) in [5, 5.41) is 8.45. The Hall–Kier alpha value is -4.29. The Morgan fingerprint density at radius 2 is 1.62 bits per heavy atom. The van der Waals surface area contributed by atoms with Crippen molar-refractivity contribution in [3.05, 3.63) is 79.1 Å². The van der Waals surface area contributed by atoms with Crippen LogP contribution in [0, 0.1) is 0 Å². The molecule has 0 saturated heterocycles. The fourth-order valence-electron chi connectivity index (χ4n) is 4.02. The van der Waals surface area contributed by atoms with E-state index in [0.29, 0.717) is 23.5 Å². The summed E-state index contributed by atoms with van der Waals surface area (Å²) in [7, 11) is 1.24. The molecule has 5 aromatic rings. The lowest BCUT2D eigenvalue weighted by Crippen LogP contribution is -2.40. The van der Waals surface area contributed by atoms with Gasteiger partial charge in [0, 0.05) is 13.6 Å². The van der Waals surface area contributed by atoms with Crippen LogP contribution in [0.1, 0.15) is 18.4 Å². The van der Waals surface area contributed by atoms with E-state index in [-0.39, 0.29) is 34.7 Å². The second-order valence-electron chi connectivity index (χ2n) is 7.62. The van der Waals surface area contributed by atoms with Gasteiger partial charge in [-0.2, -0.15) is 13.2 Å². The van der Waals surface area contributed by atoms with Crippen molar-refractivity contribution in [1.82, 2.24) is 33.3 Å². The van der Waals surface area contributed by atoms with Gasteiger partial charge in [0.1, 0.15) is 11.3 Å². The summed E-state index contributed by atoms with van der Waals surface area (Å²) in [6.07, 6.45) is -4.73. The third kappa shape index (κ3) is 3.03. The lowest BCUT2D eigenvalue weighted by atomic mass is 10.2. The smallest absolute Gasteiger partial charge is 0.280 e. The summed E-state index contributed by atoms with van der Waals surface area (Å²) >= 11 is 0. The quantitative estimate of drug-likeness (QED) is 0.395. The van der Waals surface area contributed by atoms with Crippen molar-refractivity contribution in [2.75, 3.05) is 0 Å². The van der Waals surface area contributed by atoms with E-state index in [9.17, 15) is 27.6 Å². The Bertz CT molecular complexity index is 1790. The van der Waals surface area contributed by atoms with Crippen LogP contribution in [0.5, 0.6) is 0 Å². The van der Waals surface area contributed by atoms with Crippen molar-refractivity contribution in [3.8, 4) is 0 Å². The fraction of sp³-hybridized carbons (Fsp3) is 0.238. The van der Waals surface area contributed by atoms with Crippen LogP contribution in [0.25, 0.3) is 27.7 Å². The van der Waals surface area contributed by atoms with Gasteiger partial charge >= 0.3 is 11.9 Å². The summed E-state index contributed by atoms with van der Waals surface area (Å²) in [4.78, 5) is 42.3. The first-order chi connectivity index (χ1) is 16.1. The zero-order chi connectivity index (χ0) is 24.4. The number of alkyl halides is 3. The molecule has 0 N–H and O–H groups in total. The van der Waals surface area contributed by atoms with Crippen molar-refractivity contribution in [2.45, 2.75) is 26.2 Å². The van der Waals surface area contributed by atoms with Gasteiger partial charge < -0.3 is 0 Å². The monoisotopic (exact) mass is 471 g/mol. The molecular formula is C21H16F3N7O3. The zero-order valence-corrected chi connectivity index (χ0v) is 17.9. The molecule has 174 valence electrons. The second-order valence-corrected chi connectivity index (χ2v) is 7.62. The minimum atomic E-state index is -4.73. The number of rotatable bonds is 3. The molecule has 34 heavy (non-hydrogen) atoms. The normalized spacial score (nSPS) is 12.3. The number of aryl methyl sites for hydroxylation is 2. The van der Waals surface area contributed by atoms with Crippen molar-refractivity contribution < 1.29 is 13.2 Å². The van der Waals surface area contributed by atoms with Crippen molar-refractivity contribution in [3.63, 3.8) is 0 Å². The number of pyridine rings is 1. The minimum Gasteiger partial charge on any atom is -0.280 e. The van der Waals surface area contributed by atoms with Crippen molar-refractivity contribution in [2.24, 2.45) is 7.05 Å². The van der Waals surface area contributed by atoms with Crippen LogP contribution in [0.2, 0.25) is 0 Å². The number of nitrogens with zero attached hydrogens (tertiary/aromatic N) is 7. The van der Waals surface area contributed by atoms with Gasteiger partial charge in [0.25, 0.3) is 11.1 Å². The van der Waals surface area contributed by atoms with Crippen LogP contribution >= 0.6 is 0 Å². The lowest BCUT2D eigenvalue weighted by Gasteiger charge is -2.12. The summed E-state index contributed by atoms with van der Waals surface area (Å²) in [5.41, 5.74) is -3.03. The Balaban J connectivity index is 1.77. The van der Waals surface area contributed by atoms with Crippen LogP contribution in [0.15, 0.2) is 50.8 Å². The summed E-state index contributed by atoms with van der Waals surface area (Å²) < 4.78 is 44.0. The number of aromatic nitrogens is 7. The fourth-order valence-corrected chi connectivity index (χ4v) is 4.02. The molecule has 0 spiro atoms. The predicted molar refractivity (Wildman–Crippen MR) is 116 cm³/mol. The van der Waals surface area contributed by atoms with E-state index >= 15 is 0 Å². The number of benzene rings is 1. The van der Waals surface area contributed by atoms with E-state index in [1.54, 1.807) is 35.6 Å². The van der Waals surface area contributed by atoms with Gasteiger partial charge in [-0.1, -0.05) is 12.1 Å². The highest BCUT2D eigenvalue weighted by Gasteiger charge is 2.33. The summed E-state index contributed by atoms with van der Waals surface area (Å²) in [6, 6.07) is 8.48. The number of para-hydroxylation sites is 1. The van der Waals surface area contributed by atoms with E-state index in [0.717, 1.165) is 15.2 Å². The van der Waals surface area contributed by atoms with Crippen LogP contribution < -0.4 is 16.8 Å². The first kappa shape index (κ1) is 21.6. The highest BCUT2D eigenvalue weighted by atomic mass is 19.4. The molecule has 4 heterocycles. The molecule has 0 radical (unpaired) electrons. The lowest BCUT2D eigenvalue weighted by molar-refractivity contribution is -0.141. The molecule has 0 unspecified atom stereocenters. The molecule has 13 heteroatoms.